The maximum absolute atomic E-state index is 11.3. The van der Waals surface area contributed by atoms with E-state index in [0.717, 1.165) is 42.8 Å². The van der Waals surface area contributed by atoms with Crippen LogP contribution in [0.2, 0.25) is 0 Å². The highest BCUT2D eigenvalue weighted by Crippen LogP contribution is 2.26. The SMILES string of the molecule is CC(=O)Nc1ccc2[nH]c(CN3CCNCC3c3ccncc3)cc2c1. The van der Waals surface area contributed by atoms with Crippen molar-refractivity contribution < 1.29 is 4.79 Å². The van der Waals surface area contributed by atoms with Crippen LogP contribution in [0, 0.1) is 0 Å². The number of pyridine rings is 1. The highest BCUT2D eigenvalue weighted by molar-refractivity contribution is 5.92. The second kappa shape index (κ2) is 7.27. The van der Waals surface area contributed by atoms with Gasteiger partial charge in [0, 0.05) is 73.8 Å². The molecule has 1 unspecified atom stereocenters. The fraction of sp³-hybridized carbons (Fsp3) is 0.300. The number of anilines is 1. The number of hydrogen-bond acceptors (Lipinski definition) is 4. The molecule has 0 aliphatic carbocycles. The molecule has 6 heteroatoms. The molecule has 1 aliphatic heterocycles. The van der Waals surface area contributed by atoms with Gasteiger partial charge >= 0.3 is 0 Å². The van der Waals surface area contributed by atoms with Gasteiger partial charge in [0.1, 0.15) is 0 Å². The lowest BCUT2D eigenvalue weighted by molar-refractivity contribution is -0.114. The number of aromatic nitrogens is 2. The number of rotatable bonds is 4. The molecule has 26 heavy (non-hydrogen) atoms. The topological polar surface area (TPSA) is 73.1 Å². The number of H-pyrrole nitrogens is 1. The molecular formula is C20H23N5O. The van der Waals surface area contributed by atoms with Crippen molar-refractivity contribution in [1.82, 2.24) is 20.2 Å². The molecule has 0 spiro atoms. The average Bonchev–Trinajstić information content (AvgIpc) is 3.04. The maximum Gasteiger partial charge on any atom is 0.221 e. The van der Waals surface area contributed by atoms with Gasteiger partial charge in [0.2, 0.25) is 5.91 Å². The van der Waals surface area contributed by atoms with Crippen molar-refractivity contribution in [1.29, 1.82) is 0 Å². The molecule has 134 valence electrons. The minimum absolute atomic E-state index is 0.0545. The third-order valence-corrected chi connectivity index (χ3v) is 4.82. The van der Waals surface area contributed by atoms with Crippen LogP contribution < -0.4 is 10.6 Å². The lowest BCUT2D eigenvalue weighted by Gasteiger charge is -2.36. The van der Waals surface area contributed by atoms with Gasteiger partial charge in [-0.15, -0.1) is 0 Å². The van der Waals surface area contributed by atoms with Gasteiger partial charge in [-0.2, -0.15) is 0 Å². The van der Waals surface area contributed by atoms with Crippen LogP contribution in [-0.2, 0) is 11.3 Å². The second-order valence-electron chi connectivity index (χ2n) is 6.75. The van der Waals surface area contributed by atoms with Gasteiger partial charge in [-0.05, 0) is 42.0 Å². The first kappa shape index (κ1) is 16.8. The van der Waals surface area contributed by atoms with Crippen LogP contribution in [0.3, 0.4) is 0 Å². The van der Waals surface area contributed by atoms with Crippen LogP contribution >= 0.6 is 0 Å². The van der Waals surface area contributed by atoms with Gasteiger partial charge in [0.05, 0.1) is 0 Å². The molecule has 2 aromatic heterocycles. The van der Waals surface area contributed by atoms with Crippen molar-refractivity contribution in [3.05, 3.63) is 60.0 Å². The first-order valence-corrected chi connectivity index (χ1v) is 8.93. The molecule has 0 saturated carbocycles. The molecule has 1 atom stereocenters. The fourth-order valence-corrected chi connectivity index (χ4v) is 3.63. The summed E-state index contributed by atoms with van der Waals surface area (Å²) >= 11 is 0. The number of benzene rings is 1. The maximum atomic E-state index is 11.3. The Morgan fingerprint density at radius 1 is 1.27 bits per heavy atom. The number of hydrogen-bond donors (Lipinski definition) is 3. The Hall–Kier alpha value is -2.70. The fourth-order valence-electron chi connectivity index (χ4n) is 3.63. The van der Waals surface area contributed by atoms with Crippen LogP contribution in [0.25, 0.3) is 10.9 Å². The van der Waals surface area contributed by atoms with E-state index in [0.29, 0.717) is 6.04 Å². The Labute approximate surface area is 152 Å². The van der Waals surface area contributed by atoms with E-state index in [1.807, 2.05) is 30.6 Å². The Balaban J connectivity index is 1.56. The summed E-state index contributed by atoms with van der Waals surface area (Å²) in [6.45, 7) is 5.32. The largest absolute Gasteiger partial charge is 0.357 e. The van der Waals surface area contributed by atoms with E-state index in [-0.39, 0.29) is 5.91 Å². The molecule has 0 radical (unpaired) electrons. The lowest BCUT2D eigenvalue weighted by atomic mass is 10.0. The van der Waals surface area contributed by atoms with E-state index in [1.54, 1.807) is 0 Å². The number of piperazine rings is 1. The minimum atomic E-state index is -0.0545. The molecule has 3 N–H and O–H groups in total. The number of fused-ring (bicyclic) bond motifs is 1. The Bertz CT molecular complexity index is 905. The molecule has 3 aromatic rings. The summed E-state index contributed by atoms with van der Waals surface area (Å²) < 4.78 is 0. The predicted octanol–water partition coefficient (Wildman–Crippen LogP) is 2.67. The average molecular weight is 349 g/mol. The quantitative estimate of drug-likeness (QED) is 0.677. The normalized spacial score (nSPS) is 18.1. The summed E-state index contributed by atoms with van der Waals surface area (Å²) in [4.78, 5) is 21.4. The van der Waals surface area contributed by atoms with Gasteiger partial charge in [-0.3, -0.25) is 14.7 Å². The molecular weight excluding hydrogens is 326 g/mol. The van der Waals surface area contributed by atoms with Crippen LogP contribution in [0.4, 0.5) is 5.69 Å². The summed E-state index contributed by atoms with van der Waals surface area (Å²) in [5, 5.41) is 7.44. The number of carbonyl (C=O) groups is 1. The van der Waals surface area contributed by atoms with E-state index in [4.69, 9.17) is 0 Å². The zero-order chi connectivity index (χ0) is 17.9. The van der Waals surface area contributed by atoms with Gasteiger partial charge in [0.25, 0.3) is 0 Å². The molecule has 4 rings (SSSR count). The smallest absolute Gasteiger partial charge is 0.221 e. The standard InChI is InChI=1S/C20H23N5O/c1-14(26)23-17-2-3-19-16(10-17)11-18(24-19)13-25-9-8-22-12-20(25)15-4-6-21-7-5-15/h2-7,10-11,20,22,24H,8-9,12-13H2,1H3,(H,23,26). The summed E-state index contributed by atoms with van der Waals surface area (Å²) in [5.41, 5.74) is 4.38. The number of amides is 1. The first-order chi connectivity index (χ1) is 12.7. The zero-order valence-corrected chi connectivity index (χ0v) is 14.8. The molecule has 1 saturated heterocycles. The molecule has 1 aliphatic rings. The molecule has 1 amide bonds. The molecule has 1 fully saturated rings. The number of carbonyl (C=O) groups excluding carboxylic acids is 1. The van der Waals surface area contributed by atoms with Crippen molar-refractivity contribution in [3.63, 3.8) is 0 Å². The van der Waals surface area contributed by atoms with E-state index in [9.17, 15) is 4.79 Å². The summed E-state index contributed by atoms with van der Waals surface area (Å²) in [6.07, 6.45) is 3.71. The highest BCUT2D eigenvalue weighted by Gasteiger charge is 2.24. The highest BCUT2D eigenvalue weighted by atomic mass is 16.1. The minimum Gasteiger partial charge on any atom is -0.357 e. The van der Waals surface area contributed by atoms with Crippen molar-refractivity contribution in [2.75, 3.05) is 25.0 Å². The van der Waals surface area contributed by atoms with Crippen molar-refractivity contribution in [2.45, 2.75) is 19.5 Å². The van der Waals surface area contributed by atoms with Crippen molar-refractivity contribution >= 4 is 22.5 Å². The van der Waals surface area contributed by atoms with Gasteiger partial charge in [-0.25, -0.2) is 0 Å². The number of aromatic amines is 1. The summed E-state index contributed by atoms with van der Waals surface area (Å²) in [6, 6.07) is 12.6. The van der Waals surface area contributed by atoms with Crippen LogP contribution in [0.1, 0.15) is 24.2 Å². The monoisotopic (exact) mass is 349 g/mol. The Kier molecular flexibility index (Phi) is 4.69. The Morgan fingerprint density at radius 3 is 2.92 bits per heavy atom. The number of nitrogens with one attached hydrogen (secondary N) is 3. The molecule has 6 nitrogen and oxygen atoms in total. The zero-order valence-electron chi connectivity index (χ0n) is 14.8. The van der Waals surface area contributed by atoms with E-state index in [2.05, 4.69) is 43.7 Å². The first-order valence-electron chi connectivity index (χ1n) is 8.93. The van der Waals surface area contributed by atoms with E-state index in [1.165, 1.54) is 18.2 Å². The van der Waals surface area contributed by atoms with Gasteiger partial charge in [0.15, 0.2) is 0 Å². The van der Waals surface area contributed by atoms with Crippen molar-refractivity contribution in [2.24, 2.45) is 0 Å². The van der Waals surface area contributed by atoms with Gasteiger partial charge in [-0.1, -0.05) is 0 Å². The van der Waals surface area contributed by atoms with Gasteiger partial charge < -0.3 is 15.6 Å². The molecule has 1 aromatic carbocycles. The summed E-state index contributed by atoms with van der Waals surface area (Å²) in [7, 11) is 0. The predicted molar refractivity (Wildman–Crippen MR) is 103 cm³/mol. The third-order valence-electron chi connectivity index (χ3n) is 4.82. The third kappa shape index (κ3) is 3.61. The van der Waals surface area contributed by atoms with Crippen LogP contribution in [0.15, 0.2) is 48.8 Å². The number of nitrogens with zero attached hydrogens (tertiary/aromatic N) is 2. The summed E-state index contributed by atoms with van der Waals surface area (Å²) in [5.74, 6) is -0.0545. The second-order valence-corrected chi connectivity index (χ2v) is 6.75. The lowest BCUT2D eigenvalue weighted by Crippen LogP contribution is -2.45. The van der Waals surface area contributed by atoms with E-state index < -0.39 is 0 Å². The molecule has 0 bridgehead atoms. The van der Waals surface area contributed by atoms with E-state index >= 15 is 0 Å². The van der Waals surface area contributed by atoms with Crippen LogP contribution in [-0.4, -0.2) is 40.4 Å². The molecule has 3 heterocycles. The Morgan fingerprint density at radius 2 is 2.12 bits per heavy atom. The van der Waals surface area contributed by atoms with Crippen molar-refractivity contribution in [3.8, 4) is 0 Å². The van der Waals surface area contributed by atoms with Crippen LogP contribution in [0.5, 0.6) is 0 Å².